The molecule has 0 aliphatic heterocycles. The average molecular weight is 327 g/mol. The normalized spacial score (nSPS) is 10.8. The van der Waals surface area contributed by atoms with Crippen LogP contribution >= 0.6 is 0 Å². The predicted molar refractivity (Wildman–Crippen MR) is 87.4 cm³/mol. The Morgan fingerprint density at radius 1 is 1.17 bits per heavy atom. The van der Waals surface area contributed by atoms with Crippen molar-refractivity contribution in [2.45, 2.75) is 20.4 Å². The van der Waals surface area contributed by atoms with E-state index in [1.165, 1.54) is 12.1 Å². The van der Waals surface area contributed by atoms with Crippen molar-refractivity contribution >= 4 is 5.91 Å². The summed E-state index contributed by atoms with van der Waals surface area (Å²) in [6.45, 7) is 3.98. The Morgan fingerprint density at radius 3 is 2.50 bits per heavy atom. The molecule has 0 aliphatic rings. The van der Waals surface area contributed by atoms with Gasteiger partial charge in [0.15, 0.2) is 0 Å². The monoisotopic (exact) mass is 327 g/mol. The molecule has 0 radical (unpaired) electrons. The first-order valence-electron chi connectivity index (χ1n) is 7.54. The number of benzene rings is 1. The van der Waals surface area contributed by atoms with Crippen molar-refractivity contribution in [1.82, 2.24) is 24.9 Å². The molecule has 0 fully saturated rings. The molecule has 2 aromatic heterocycles. The minimum Gasteiger partial charge on any atom is -0.346 e. The molecule has 1 amide bonds. The third-order valence-electron chi connectivity index (χ3n) is 3.90. The maximum atomic E-state index is 13.0. The number of halogens is 1. The van der Waals surface area contributed by atoms with E-state index in [4.69, 9.17) is 0 Å². The first-order chi connectivity index (χ1) is 11.5. The van der Waals surface area contributed by atoms with E-state index < -0.39 is 0 Å². The van der Waals surface area contributed by atoms with E-state index in [-0.39, 0.29) is 11.7 Å². The molecule has 0 spiro atoms. The number of hydrogen-bond donors (Lipinski definition) is 1. The Bertz CT molecular complexity index is 879. The second kappa shape index (κ2) is 6.27. The van der Waals surface area contributed by atoms with Gasteiger partial charge in [0.05, 0.1) is 29.2 Å². The number of aryl methyl sites for hydroxylation is 2. The number of aromatic nitrogens is 4. The van der Waals surface area contributed by atoms with Crippen molar-refractivity contribution in [3.63, 3.8) is 0 Å². The van der Waals surface area contributed by atoms with E-state index in [1.54, 1.807) is 27.7 Å². The highest BCUT2D eigenvalue weighted by molar-refractivity contribution is 5.96. The summed E-state index contributed by atoms with van der Waals surface area (Å²) in [6.07, 6.45) is 1.77. The number of rotatable bonds is 4. The zero-order valence-electron chi connectivity index (χ0n) is 13.7. The largest absolute Gasteiger partial charge is 0.346 e. The molecule has 0 saturated heterocycles. The predicted octanol–water partition coefficient (Wildman–Crippen LogP) is 2.29. The molecule has 3 aromatic rings. The number of nitrogens with zero attached hydrogens (tertiary/aromatic N) is 4. The van der Waals surface area contributed by atoms with Crippen LogP contribution in [0.5, 0.6) is 0 Å². The summed E-state index contributed by atoms with van der Waals surface area (Å²) in [4.78, 5) is 12.3. The molecule has 1 aromatic carbocycles. The van der Waals surface area contributed by atoms with Gasteiger partial charge in [0, 0.05) is 18.9 Å². The van der Waals surface area contributed by atoms with Gasteiger partial charge in [-0.25, -0.2) is 9.07 Å². The number of nitrogens with one attached hydrogen (secondary N) is 1. The van der Waals surface area contributed by atoms with Gasteiger partial charge in [-0.05, 0) is 44.2 Å². The van der Waals surface area contributed by atoms with Gasteiger partial charge < -0.3 is 5.32 Å². The highest BCUT2D eigenvalue weighted by Gasteiger charge is 2.17. The lowest BCUT2D eigenvalue weighted by Gasteiger charge is -2.04. The van der Waals surface area contributed by atoms with Crippen molar-refractivity contribution in [3.8, 4) is 5.69 Å². The van der Waals surface area contributed by atoms with E-state index >= 15 is 0 Å². The van der Waals surface area contributed by atoms with Gasteiger partial charge >= 0.3 is 0 Å². The van der Waals surface area contributed by atoms with Gasteiger partial charge in [0.25, 0.3) is 5.91 Å². The molecule has 6 nitrogen and oxygen atoms in total. The lowest BCUT2D eigenvalue weighted by molar-refractivity contribution is 0.0949. The molecule has 0 unspecified atom stereocenters. The summed E-state index contributed by atoms with van der Waals surface area (Å²) >= 11 is 0. The Balaban J connectivity index is 1.69. The summed E-state index contributed by atoms with van der Waals surface area (Å²) in [6, 6.07) is 7.87. The van der Waals surface area contributed by atoms with Crippen LogP contribution in [-0.4, -0.2) is 25.5 Å². The summed E-state index contributed by atoms with van der Waals surface area (Å²) in [5, 5.41) is 11.5. The quantitative estimate of drug-likeness (QED) is 0.799. The lowest BCUT2D eigenvalue weighted by Crippen LogP contribution is -2.24. The lowest BCUT2D eigenvalue weighted by atomic mass is 10.2. The highest BCUT2D eigenvalue weighted by atomic mass is 19.1. The molecule has 124 valence electrons. The van der Waals surface area contributed by atoms with Crippen molar-refractivity contribution in [1.29, 1.82) is 0 Å². The molecule has 0 aliphatic carbocycles. The minimum absolute atomic E-state index is 0.172. The van der Waals surface area contributed by atoms with Gasteiger partial charge in [-0.3, -0.25) is 9.48 Å². The van der Waals surface area contributed by atoms with E-state index in [0.717, 1.165) is 11.4 Å². The Morgan fingerprint density at radius 2 is 1.88 bits per heavy atom. The second-order valence-corrected chi connectivity index (χ2v) is 5.58. The molecule has 0 bridgehead atoms. The first kappa shape index (κ1) is 15.9. The molecule has 0 saturated carbocycles. The minimum atomic E-state index is -0.291. The maximum Gasteiger partial charge on any atom is 0.255 e. The van der Waals surface area contributed by atoms with Crippen LogP contribution in [0.15, 0.2) is 36.5 Å². The van der Waals surface area contributed by atoms with E-state index in [0.29, 0.717) is 23.5 Å². The van der Waals surface area contributed by atoms with Crippen molar-refractivity contribution in [3.05, 3.63) is 65.0 Å². The van der Waals surface area contributed by atoms with Crippen LogP contribution < -0.4 is 5.32 Å². The fourth-order valence-electron chi connectivity index (χ4n) is 2.56. The molecule has 7 heteroatoms. The smallest absolute Gasteiger partial charge is 0.255 e. The molecule has 24 heavy (non-hydrogen) atoms. The fraction of sp³-hybridized carbons (Fsp3) is 0.235. The summed E-state index contributed by atoms with van der Waals surface area (Å²) in [7, 11) is 1.81. The van der Waals surface area contributed by atoms with Crippen LogP contribution in [0, 0.1) is 19.7 Å². The Labute approximate surface area is 138 Å². The molecular formula is C17H18FN5O. The standard InChI is InChI=1S/C17H18FN5O/c1-11-16(12(2)22(3)20-11)17(24)19-10-14-8-9-23(21-14)15-6-4-13(18)5-7-15/h4-9H,10H2,1-3H3,(H,19,24). The molecule has 2 heterocycles. The fourth-order valence-corrected chi connectivity index (χ4v) is 2.56. The first-order valence-corrected chi connectivity index (χ1v) is 7.54. The molecular weight excluding hydrogens is 309 g/mol. The second-order valence-electron chi connectivity index (χ2n) is 5.58. The highest BCUT2D eigenvalue weighted by Crippen LogP contribution is 2.12. The van der Waals surface area contributed by atoms with Gasteiger partial charge in [-0.2, -0.15) is 10.2 Å². The number of amides is 1. The maximum absolute atomic E-state index is 13.0. The number of carbonyl (C=O) groups excluding carboxylic acids is 1. The topological polar surface area (TPSA) is 64.7 Å². The Hall–Kier alpha value is -2.96. The van der Waals surface area contributed by atoms with Crippen LogP contribution in [0.25, 0.3) is 5.69 Å². The van der Waals surface area contributed by atoms with Crippen LogP contribution in [0.3, 0.4) is 0 Å². The SMILES string of the molecule is Cc1nn(C)c(C)c1C(=O)NCc1ccn(-c2ccc(F)cc2)n1. The van der Waals surface area contributed by atoms with Crippen molar-refractivity contribution < 1.29 is 9.18 Å². The van der Waals surface area contributed by atoms with Crippen molar-refractivity contribution in [2.75, 3.05) is 0 Å². The van der Waals surface area contributed by atoms with Crippen LogP contribution in [-0.2, 0) is 13.6 Å². The summed E-state index contributed by atoms with van der Waals surface area (Å²) in [5.41, 5.74) is 3.58. The van der Waals surface area contributed by atoms with Crippen LogP contribution in [0.2, 0.25) is 0 Å². The van der Waals surface area contributed by atoms with Crippen molar-refractivity contribution in [2.24, 2.45) is 7.05 Å². The average Bonchev–Trinajstić information content (AvgIpc) is 3.11. The number of carbonyl (C=O) groups is 1. The number of hydrogen-bond acceptors (Lipinski definition) is 3. The van der Waals surface area contributed by atoms with Gasteiger partial charge in [-0.1, -0.05) is 0 Å². The summed E-state index contributed by atoms with van der Waals surface area (Å²) < 4.78 is 16.3. The third kappa shape index (κ3) is 3.05. The van der Waals surface area contributed by atoms with Crippen LogP contribution in [0.1, 0.15) is 27.4 Å². The van der Waals surface area contributed by atoms with E-state index in [9.17, 15) is 9.18 Å². The molecule has 3 rings (SSSR count). The Kier molecular flexibility index (Phi) is 4.16. The van der Waals surface area contributed by atoms with Crippen LogP contribution in [0.4, 0.5) is 4.39 Å². The molecule has 0 atom stereocenters. The summed E-state index contributed by atoms with van der Waals surface area (Å²) in [5.74, 6) is -0.463. The van der Waals surface area contributed by atoms with Gasteiger partial charge in [-0.15, -0.1) is 0 Å². The van der Waals surface area contributed by atoms with Gasteiger partial charge in [0.1, 0.15) is 5.82 Å². The molecule has 1 N–H and O–H groups in total. The zero-order valence-corrected chi connectivity index (χ0v) is 13.7. The van der Waals surface area contributed by atoms with Gasteiger partial charge in [0.2, 0.25) is 0 Å². The zero-order chi connectivity index (χ0) is 17.3. The third-order valence-corrected chi connectivity index (χ3v) is 3.90. The van der Waals surface area contributed by atoms with E-state index in [2.05, 4.69) is 15.5 Å². The van der Waals surface area contributed by atoms with E-state index in [1.807, 2.05) is 27.0 Å².